The Hall–Kier alpha value is 0.183. The van der Waals surface area contributed by atoms with Crippen molar-refractivity contribution < 1.29 is 20.7 Å². The van der Waals surface area contributed by atoms with Gasteiger partial charge in [0.15, 0.2) is 0 Å². The van der Waals surface area contributed by atoms with Crippen LogP contribution in [0.2, 0.25) is 0 Å². The van der Waals surface area contributed by atoms with Gasteiger partial charge in [0.2, 0.25) is 0 Å². The molecule has 50 valence electrons. The van der Waals surface area contributed by atoms with Crippen LogP contribution in [0, 0.1) is 18.9 Å². The Morgan fingerprint density at radius 1 is 1.60 bits per heavy atom. The molecule has 0 N–H and O–H groups in total. The van der Waals surface area contributed by atoms with E-state index in [4.69, 9.17) is 0 Å². The molecule has 0 saturated carbocycles. The van der Waals surface area contributed by atoms with Crippen molar-refractivity contribution in [2.24, 2.45) is 0 Å². The number of hydrogen-bond acceptors (Lipinski definition) is 1. The minimum absolute atomic E-state index is 0.407. The number of rotatable bonds is 0. The van der Waals surface area contributed by atoms with E-state index in [1.807, 2.05) is 0 Å². The van der Waals surface area contributed by atoms with E-state index >= 15 is 0 Å². The van der Waals surface area contributed by atoms with Gasteiger partial charge in [0.05, 0.1) is 0 Å². The Labute approximate surface area is 76.1 Å². The molecule has 1 rings (SSSR count). The predicted octanol–water partition coefficient (Wildman–Crippen LogP) is 2.17. The van der Waals surface area contributed by atoms with Crippen LogP contribution in [0.4, 0.5) is 4.39 Å². The van der Waals surface area contributed by atoms with Gasteiger partial charge >= 0.3 is 30.0 Å². The van der Waals surface area contributed by atoms with Crippen molar-refractivity contribution in [1.29, 1.82) is 0 Å². The number of nitrogens with zero attached hydrogens (tertiary/aromatic N) is 1. The first-order chi connectivity index (χ1) is 4.79. The van der Waals surface area contributed by atoms with Gasteiger partial charge in [0.25, 0.3) is 0 Å². The first-order valence-corrected chi connectivity index (χ1v) is 9.51. The molecule has 0 aromatic carbocycles. The van der Waals surface area contributed by atoms with Gasteiger partial charge in [-0.3, -0.25) is 0 Å². The van der Waals surface area contributed by atoms with Gasteiger partial charge in [-0.2, -0.15) is 0 Å². The first kappa shape index (κ1) is 10.2. The number of halogens is 2. The fraction of sp³-hybridized carbons (Fsp3) is 0.167. The summed E-state index contributed by atoms with van der Waals surface area (Å²) in [5.41, 5.74) is 0.784. The third-order valence-electron chi connectivity index (χ3n) is 0.810. The number of aromatic nitrogens is 1. The van der Waals surface area contributed by atoms with Crippen molar-refractivity contribution in [2.75, 3.05) is 0 Å². The van der Waals surface area contributed by atoms with Crippen molar-refractivity contribution in [1.82, 2.24) is 4.98 Å². The van der Waals surface area contributed by atoms with Crippen LogP contribution in [0.5, 0.6) is 0 Å². The number of pyridine rings is 1. The van der Waals surface area contributed by atoms with Crippen molar-refractivity contribution in [3.8, 4) is 0 Å². The van der Waals surface area contributed by atoms with Gasteiger partial charge in [-0.1, -0.05) is 12.6 Å². The third-order valence-corrected chi connectivity index (χ3v) is 0.810. The Morgan fingerprint density at radius 2 is 2.20 bits per heavy atom. The Balaban J connectivity index is 0.000000371. The molecular weight excluding hydrogens is 250 g/mol. The summed E-state index contributed by atoms with van der Waals surface area (Å²) in [6.07, 6.45) is 2.18. The maximum absolute atomic E-state index is 12.0. The van der Waals surface area contributed by atoms with E-state index in [1.165, 1.54) is 22.4 Å². The molecule has 0 bridgehead atoms. The molecule has 0 unspecified atom stereocenters. The molecule has 0 saturated heterocycles. The molecule has 0 atom stereocenters. The molecule has 1 aromatic heterocycles. The summed E-state index contributed by atoms with van der Waals surface area (Å²) >= 11 is 4.25. The van der Waals surface area contributed by atoms with Gasteiger partial charge < -0.3 is 4.98 Å². The van der Waals surface area contributed by atoms with E-state index in [-0.39, 0.29) is 0 Å². The van der Waals surface area contributed by atoms with Crippen LogP contribution in [0.3, 0.4) is 0 Å². The predicted molar refractivity (Wildman–Crippen MR) is 36.7 cm³/mol. The molecule has 0 fully saturated rings. The molecule has 0 spiro atoms. The Kier molecular flexibility index (Phi) is 6.04. The average Bonchev–Trinajstić information content (AvgIpc) is 2.00. The van der Waals surface area contributed by atoms with Crippen LogP contribution in [-0.2, 0) is 16.3 Å². The standard InChI is InChI=1S/C6H5FN.BrH.Zn/c1-5-2-3-6(7)4-8-5;;/h2-3H,1H3;1H;/q-1;;+2/p-1. The quantitative estimate of drug-likeness (QED) is 0.511. The Morgan fingerprint density at radius 3 is 2.50 bits per heavy atom. The van der Waals surface area contributed by atoms with E-state index in [9.17, 15) is 4.39 Å². The van der Waals surface area contributed by atoms with Crippen molar-refractivity contribution >= 4 is 13.6 Å². The van der Waals surface area contributed by atoms with Crippen molar-refractivity contribution in [3.63, 3.8) is 0 Å². The molecule has 0 aliphatic rings. The topological polar surface area (TPSA) is 12.9 Å². The molecule has 1 aromatic rings. The number of hydrogen-bond donors (Lipinski definition) is 0. The minimum atomic E-state index is -0.407. The van der Waals surface area contributed by atoms with E-state index in [0.717, 1.165) is 5.69 Å². The van der Waals surface area contributed by atoms with Crippen LogP contribution >= 0.6 is 13.6 Å². The first-order valence-electron chi connectivity index (χ1n) is 2.56. The van der Waals surface area contributed by atoms with E-state index in [1.54, 1.807) is 13.0 Å². The van der Waals surface area contributed by atoms with E-state index < -0.39 is 5.82 Å². The molecule has 1 heterocycles. The summed E-state index contributed by atoms with van der Waals surface area (Å²) in [6.45, 7) is 1.79. The molecule has 0 aliphatic carbocycles. The third kappa shape index (κ3) is 4.07. The van der Waals surface area contributed by atoms with Crippen LogP contribution < -0.4 is 0 Å². The zero-order valence-electron chi connectivity index (χ0n) is 5.56. The fourth-order valence-electron chi connectivity index (χ4n) is 0.410. The molecule has 0 radical (unpaired) electrons. The van der Waals surface area contributed by atoms with Crippen LogP contribution in [0.15, 0.2) is 12.1 Å². The Bertz CT molecular complexity index is 157. The maximum atomic E-state index is 12.0. The zero-order chi connectivity index (χ0) is 7.98. The van der Waals surface area contributed by atoms with Gasteiger partial charge in [-0.25, -0.2) is 4.39 Å². The molecular formula is C6H5BrFNZn. The second-order valence-electron chi connectivity index (χ2n) is 1.55. The average molecular weight is 255 g/mol. The van der Waals surface area contributed by atoms with E-state index in [0.29, 0.717) is 0 Å². The SMILES string of the molecule is Cc1ccc(F)[c-]n1.[Zn+][Br]. The van der Waals surface area contributed by atoms with Gasteiger partial charge in [-0.05, 0) is 6.20 Å². The van der Waals surface area contributed by atoms with Crippen LogP contribution in [0.25, 0.3) is 0 Å². The van der Waals surface area contributed by atoms with Crippen molar-refractivity contribution in [2.45, 2.75) is 6.92 Å². The van der Waals surface area contributed by atoms with E-state index in [2.05, 4.69) is 24.8 Å². The summed E-state index contributed by atoms with van der Waals surface area (Å²) in [7, 11) is 0. The van der Waals surface area contributed by atoms with Gasteiger partial charge in [0, 0.05) is 5.82 Å². The number of aryl methyl sites for hydroxylation is 1. The monoisotopic (exact) mass is 253 g/mol. The van der Waals surface area contributed by atoms with Crippen LogP contribution in [0.1, 0.15) is 5.69 Å². The van der Waals surface area contributed by atoms with Crippen LogP contribution in [-0.4, -0.2) is 4.98 Å². The van der Waals surface area contributed by atoms with Gasteiger partial charge in [-0.15, -0.1) is 12.1 Å². The zero-order valence-corrected chi connectivity index (χ0v) is 10.1. The molecule has 4 heteroatoms. The summed E-state index contributed by atoms with van der Waals surface area (Å²) < 4.78 is 12.0. The molecule has 0 amide bonds. The second kappa shape index (κ2) is 5.93. The summed E-state index contributed by atoms with van der Waals surface area (Å²) in [5, 5.41) is 0. The van der Waals surface area contributed by atoms with Crippen molar-refractivity contribution in [3.05, 3.63) is 29.8 Å². The van der Waals surface area contributed by atoms with Gasteiger partial charge in [0.1, 0.15) is 0 Å². The molecule has 1 nitrogen and oxygen atoms in total. The fourth-order valence-corrected chi connectivity index (χ4v) is 0.410. The summed E-state index contributed by atoms with van der Waals surface area (Å²) in [5.74, 6) is -0.407. The molecule has 10 heavy (non-hydrogen) atoms. The normalized spacial score (nSPS) is 8.10. The molecule has 0 aliphatic heterocycles. The summed E-state index contributed by atoms with van der Waals surface area (Å²) in [4.78, 5) is 3.58. The second-order valence-corrected chi connectivity index (χ2v) is 1.55. The summed E-state index contributed by atoms with van der Waals surface area (Å²) in [6, 6.07) is 2.94.